The van der Waals surface area contributed by atoms with Crippen molar-refractivity contribution < 1.29 is 19.2 Å². The molecule has 0 bridgehead atoms. The van der Waals surface area contributed by atoms with E-state index in [0.29, 0.717) is 5.56 Å². The maximum absolute atomic E-state index is 13.7. The highest BCUT2D eigenvalue weighted by Crippen LogP contribution is 2.26. The van der Waals surface area contributed by atoms with Crippen molar-refractivity contribution in [3.63, 3.8) is 0 Å². The summed E-state index contributed by atoms with van der Waals surface area (Å²) in [6.07, 6.45) is 4.64. The first kappa shape index (κ1) is 14.5. The van der Waals surface area contributed by atoms with Crippen LogP contribution in [0.5, 0.6) is 0 Å². The molecule has 104 valence electrons. The molecule has 0 amide bonds. The first-order valence-electron chi connectivity index (χ1n) is 6.82. The second-order valence-electron chi connectivity index (χ2n) is 5.42. The summed E-state index contributed by atoms with van der Waals surface area (Å²) in [5, 5.41) is 17.9. The van der Waals surface area contributed by atoms with E-state index in [4.69, 9.17) is 14.8 Å². The monoisotopic (exact) mass is 266 g/mol. The Morgan fingerprint density at radius 2 is 1.95 bits per heavy atom. The lowest BCUT2D eigenvalue weighted by Crippen LogP contribution is -2.30. The van der Waals surface area contributed by atoms with Crippen LogP contribution in [-0.4, -0.2) is 23.3 Å². The lowest BCUT2D eigenvalue weighted by molar-refractivity contribution is 0.00760. The van der Waals surface area contributed by atoms with Crippen molar-refractivity contribution in [2.45, 2.75) is 45.3 Å². The van der Waals surface area contributed by atoms with Gasteiger partial charge >= 0.3 is 7.12 Å². The highest BCUT2D eigenvalue weighted by Gasteiger charge is 2.19. The van der Waals surface area contributed by atoms with Gasteiger partial charge in [-0.05, 0) is 43.1 Å². The van der Waals surface area contributed by atoms with Gasteiger partial charge in [-0.15, -0.1) is 0 Å². The van der Waals surface area contributed by atoms with Crippen molar-refractivity contribution in [3.8, 4) is 0 Å². The highest BCUT2D eigenvalue weighted by molar-refractivity contribution is 6.58. The molecule has 2 N–H and O–H groups in total. The van der Waals surface area contributed by atoms with Crippen LogP contribution in [0.3, 0.4) is 0 Å². The highest BCUT2D eigenvalue weighted by atomic mass is 19.1. The first-order chi connectivity index (χ1) is 9.06. The third-order valence-electron chi connectivity index (χ3n) is 3.81. The molecule has 0 spiro atoms. The van der Waals surface area contributed by atoms with Gasteiger partial charge in [-0.25, -0.2) is 4.39 Å². The Labute approximate surface area is 113 Å². The SMILES string of the molecule is CC1CCC(OCc2ccc(B(O)O)cc2F)CC1. The molecule has 1 saturated carbocycles. The average Bonchev–Trinajstić information content (AvgIpc) is 2.39. The fraction of sp³-hybridized carbons (Fsp3) is 0.571. The van der Waals surface area contributed by atoms with Gasteiger partial charge in [0.05, 0.1) is 12.7 Å². The van der Waals surface area contributed by atoms with Gasteiger partial charge in [-0.3, -0.25) is 0 Å². The maximum Gasteiger partial charge on any atom is 0.488 e. The van der Waals surface area contributed by atoms with Gasteiger partial charge in [-0.2, -0.15) is 0 Å². The zero-order valence-corrected chi connectivity index (χ0v) is 11.2. The van der Waals surface area contributed by atoms with E-state index in [1.807, 2.05) is 0 Å². The van der Waals surface area contributed by atoms with Crippen LogP contribution in [0.2, 0.25) is 0 Å². The summed E-state index contributed by atoms with van der Waals surface area (Å²) in [6.45, 7) is 2.49. The summed E-state index contributed by atoms with van der Waals surface area (Å²) in [4.78, 5) is 0. The Hall–Kier alpha value is -0.905. The molecule has 3 nitrogen and oxygen atoms in total. The minimum atomic E-state index is -1.63. The van der Waals surface area contributed by atoms with Gasteiger partial charge in [0.15, 0.2) is 0 Å². The Bertz CT molecular complexity index is 417. The summed E-state index contributed by atoms with van der Waals surface area (Å²) in [5.41, 5.74) is 0.621. The van der Waals surface area contributed by atoms with E-state index in [1.54, 1.807) is 6.07 Å². The number of benzene rings is 1. The number of hydrogen-bond donors (Lipinski definition) is 2. The number of ether oxygens (including phenoxy) is 1. The van der Waals surface area contributed by atoms with Crippen molar-refractivity contribution in [3.05, 3.63) is 29.6 Å². The van der Waals surface area contributed by atoms with Crippen LogP contribution in [0.4, 0.5) is 4.39 Å². The van der Waals surface area contributed by atoms with Crippen LogP contribution < -0.4 is 5.46 Å². The Balaban J connectivity index is 1.89. The van der Waals surface area contributed by atoms with Gasteiger partial charge in [0.25, 0.3) is 0 Å². The van der Waals surface area contributed by atoms with Crippen molar-refractivity contribution in [2.24, 2.45) is 5.92 Å². The Kier molecular flexibility index (Phi) is 4.96. The fourth-order valence-corrected chi connectivity index (χ4v) is 2.45. The maximum atomic E-state index is 13.7. The molecule has 1 aromatic rings. The van der Waals surface area contributed by atoms with Crippen LogP contribution in [-0.2, 0) is 11.3 Å². The van der Waals surface area contributed by atoms with Crippen LogP contribution in [0.1, 0.15) is 38.2 Å². The van der Waals surface area contributed by atoms with E-state index in [1.165, 1.54) is 18.9 Å². The summed E-state index contributed by atoms with van der Waals surface area (Å²) < 4.78 is 19.5. The minimum absolute atomic E-state index is 0.160. The molecule has 0 atom stereocenters. The van der Waals surface area contributed by atoms with Crippen LogP contribution in [0, 0.1) is 11.7 Å². The lowest BCUT2D eigenvalue weighted by atomic mass is 9.80. The van der Waals surface area contributed by atoms with Gasteiger partial charge in [0.2, 0.25) is 0 Å². The van der Waals surface area contributed by atoms with Crippen molar-refractivity contribution >= 4 is 12.6 Å². The molecular weight excluding hydrogens is 246 g/mol. The molecular formula is C14H20BFO3. The minimum Gasteiger partial charge on any atom is -0.423 e. The summed E-state index contributed by atoms with van der Waals surface area (Å²) in [7, 11) is -1.63. The molecule has 1 fully saturated rings. The third kappa shape index (κ3) is 4.03. The quantitative estimate of drug-likeness (QED) is 0.814. The normalized spacial score (nSPS) is 23.4. The zero-order chi connectivity index (χ0) is 13.8. The van der Waals surface area contributed by atoms with Crippen molar-refractivity contribution in [1.29, 1.82) is 0 Å². The van der Waals surface area contributed by atoms with Crippen LogP contribution >= 0.6 is 0 Å². The molecule has 0 unspecified atom stereocenters. The smallest absolute Gasteiger partial charge is 0.423 e. The van der Waals surface area contributed by atoms with E-state index in [0.717, 1.165) is 24.8 Å². The third-order valence-corrected chi connectivity index (χ3v) is 3.81. The fourth-order valence-electron chi connectivity index (χ4n) is 2.45. The average molecular weight is 266 g/mol. The number of halogens is 1. The molecule has 1 aliphatic rings. The first-order valence-corrected chi connectivity index (χ1v) is 6.82. The molecule has 0 aromatic heterocycles. The standard InChI is InChI=1S/C14H20BFO3/c1-10-2-6-13(7-3-10)19-9-11-4-5-12(15(17)18)8-14(11)16/h4-5,8,10,13,17-18H,2-3,6-7,9H2,1H3. The molecule has 2 rings (SSSR count). The van der Waals surface area contributed by atoms with Crippen molar-refractivity contribution in [1.82, 2.24) is 0 Å². The van der Waals surface area contributed by atoms with Gasteiger partial charge in [-0.1, -0.05) is 19.1 Å². The van der Waals surface area contributed by atoms with Gasteiger partial charge in [0, 0.05) is 5.56 Å². The Morgan fingerprint density at radius 3 is 2.53 bits per heavy atom. The van der Waals surface area contributed by atoms with Crippen LogP contribution in [0.25, 0.3) is 0 Å². The van der Waals surface area contributed by atoms with E-state index in [-0.39, 0.29) is 18.2 Å². The molecule has 0 heterocycles. The van der Waals surface area contributed by atoms with Crippen LogP contribution in [0.15, 0.2) is 18.2 Å². The predicted octanol–water partition coefficient (Wildman–Crippen LogP) is 1.60. The van der Waals surface area contributed by atoms with E-state index < -0.39 is 12.9 Å². The number of rotatable bonds is 4. The second-order valence-corrected chi connectivity index (χ2v) is 5.42. The predicted molar refractivity (Wildman–Crippen MR) is 72.4 cm³/mol. The summed E-state index contributed by atoms with van der Waals surface area (Å²) in [6, 6.07) is 4.21. The Morgan fingerprint density at radius 1 is 1.26 bits per heavy atom. The summed E-state index contributed by atoms with van der Waals surface area (Å²) >= 11 is 0. The molecule has 0 saturated heterocycles. The summed E-state index contributed by atoms with van der Waals surface area (Å²) in [5.74, 6) is 0.316. The molecule has 19 heavy (non-hydrogen) atoms. The molecule has 1 aromatic carbocycles. The van der Waals surface area contributed by atoms with Gasteiger partial charge < -0.3 is 14.8 Å². The largest absolute Gasteiger partial charge is 0.488 e. The van der Waals surface area contributed by atoms with E-state index in [2.05, 4.69) is 6.92 Å². The van der Waals surface area contributed by atoms with E-state index >= 15 is 0 Å². The second kappa shape index (κ2) is 6.50. The number of hydrogen-bond acceptors (Lipinski definition) is 3. The topological polar surface area (TPSA) is 49.7 Å². The van der Waals surface area contributed by atoms with Crippen molar-refractivity contribution in [2.75, 3.05) is 0 Å². The lowest BCUT2D eigenvalue weighted by Gasteiger charge is -2.26. The zero-order valence-electron chi connectivity index (χ0n) is 11.2. The van der Waals surface area contributed by atoms with Gasteiger partial charge in [0.1, 0.15) is 5.82 Å². The molecule has 1 aliphatic carbocycles. The molecule has 0 aliphatic heterocycles. The molecule has 0 radical (unpaired) electrons. The molecule has 5 heteroatoms. The van der Waals surface area contributed by atoms with E-state index in [9.17, 15) is 4.39 Å².